The van der Waals surface area contributed by atoms with E-state index >= 15 is 0 Å². The minimum absolute atomic E-state index is 0.0257. The molecule has 2 nitrogen and oxygen atoms in total. The molecule has 1 heterocycles. The van der Waals surface area contributed by atoms with Crippen LogP contribution in [-0.2, 0) is 11.3 Å². The summed E-state index contributed by atoms with van der Waals surface area (Å²) in [6.45, 7) is 0.625. The standard InChI is InChI=1S/C15H13NO/c1-2-5-12(6-3-1)11-17-15-8-4-7-14-13(15)9-10-16-14/h1-10,15H,11H2/t15-/m0/s1. The Morgan fingerprint density at radius 2 is 2.00 bits per heavy atom. The molecule has 1 aromatic rings. The van der Waals surface area contributed by atoms with Gasteiger partial charge >= 0.3 is 0 Å². The van der Waals surface area contributed by atoms with E-state index in [-0.39, 0.29) is 6.10 Å². The highest BCUT2D eigenvalue weighted by molar-refractivity contribution is 5.80. The SMILES string of the molecule is C1=C[C@H](OCc2ccccc2)C2=CC=NC2=C1. The van der Waals surface area contributed by atoms with Gasteiger partial charge in [-0.05, 0) is 17.7 Å². The van der Waals surface area contributed by atoms with Gasteiger partial charge in [0.25, 0.3) is 0 Å². The van der Waals surface area contributed by atoms with Crippen molar-refractivity contribution in [2.45, 2.75) is 12.7 Å². The topological polar surface area (TPSA) is 21.6 Å². The number of ether oxygens (including phenoxy) is 1. The molecule has 0 aromatic heterocycles. The maximum Gasteiger partial charge on any atom is 0.104 e. The highest BCUT2D eigenvalue weighted by atomic mass is 16.5. The van der Waals surface area contributed by atoms with Crippen LogP contribution in [0.2, 0.25) is 0 Å². The van der Waals surface area contributed by atoms with E-state index in [1.54, 1.807) is 0 Å². The molecule has 0 bridgehead atoms. The first-order valence-corrected chi connectivity index (χ1v) is 5.72. The molecule has 2 heteroatoms. The van der Waals surface area contributed by atoms with E-state index in [0.29, 0.717) is 6.61 Å². The molecule has 0 unspecified atom stereocenters. The molecule has 1 aromatic carbocycles. The fraction of sp³-hybridized carbons (Fsp3) is 0.133. The Labute approximate surface area is 101 Å². The van der Waals surface area contributed by atoms with E-state index in [2.05, 4.69) is 23.2 Å². The van der Waals surface area contributed by atoms with Crippen LogP contribution in [0.25, 0.3) is 0 Å². The smallest absolute Gasteiger partial charge is 0.104 e. The Balaban J connectivity index is 1.67. The third-order valence-electron chi connectivity index (χ3n) is 2.88. The van der Waals surface area contributed by atoms with Gasteiger partial charge in [-0.3, -0.25) is 4.99 Å². The molecule has 0 amide bonds. The summed E-state index contributed by atoms with van der Waals surface area (Å²) in [5.74, 6) is 0. The lowest BCUT2D eigenvalue weighted by Crippen LogP contribution is -2.15. The summed E-state index contributed by atoms with van der Waals surface area (Å²) in [5.41, 5.74) is 3.37. The maximum atomic E-state index is 5.91. The zero-order valence-corrected chi connectivity index (χ0v) is 9.41. The first-order valence-electron chi connectivity index (χ1n) is 5.72. The summed E-state index contributed by atoms with van der Waals surface area (Å²) in [5, 5.41) is 0. The lowest BCUT2D eigenvalue weighted by Gasteiger charge is -2.18. The van der Waals surface area contributed by atoms with Gasteiger partial charge in [0.15, 0.2) is 0 Å². The van der Waals surface area contributed by atoms with Crippen LogP contribution in [0, 0.1) is 0 Å². The Hall–Kier alpha value is -1.93. The van der Waals surface area contributed by atoms with Crippen LogP contribution in [0.5, 0.6) is 0 Å². The normalized spacial score (nSPS) is 21.1. The number of hydrogen-bond acceptors (Lipinski definition) is 2. The molecule has 1 aliphatic heterocycles. The first kappa shape index (κ1) is 10.2. The van der Waals surface area contributed by atoms with Crippen LogP contribution in [0.4, 0.5) is 0 Å². The Kier molecular flexibility index (Phi) is 2.72. The number of benzene rings is 1. The second kappa shape index (κ2) is 4.52. The van der Waals surface area contributed by atoms with Gasteiger partial charge < -0.3 is 4.74 Å². The number of allylic oxidation sites excluding steroid dienone is 3. The molecule has 0 saturated carbocycles. The Morgan fingerprint density at radius 1 is 1.12 bits per heavy atom. The van der Waals surface area contributed by atoms with Crippen molar-refractivity contribution in [3.8, 4) is 0 Å². The average Bonchev–Trinajstić information content (AvgIpc) is 2.86. The van der Waals surface area contributed by atoms with Gasteiger partial charge in [-0.25, -0.2) is 0 Å². The van der Waals surface area contributed by atoms with Crippen LogP contribution in [0.1, 0.15) is 5.56 Å². The average molecular weight is 223 g/mol. The predicted molar refractivity (Wildman–Crippen MR) is 68.8 cm³/mol. The summed E-state index contributed by atoms with van der Waals surface area (Å²) in [6.07, 6.45) is 9.95. The van der Waals surface area contributed by atoms with E-state index in [0.717, 1.165) is 11.3 Å². The summed E-state index contributed by atoms with van der Waals surface area (Å²) < 4.78 is 5.91. The third-order valence-corrected chi connectivity index (χ3v) is 2.88. The van der Waals surface area contributed by atoms with Crippen LogP contribution in [-0.4, -0.2) is 12.3 Å². The highest BCUT2D eigenvalue weighted by Gasteiger charge is 2.20. The van der Waals surface area contributed by atoms with Gasteiger partial charge in [0, 0.05) is 11.8 Å². The van der Waals surface area contributed by atoms with Gasteiger partial charge in [-0.15, -0.1) is 0 Å². The van der Waals surface area contributed by atoms with E-state index in [1.165, 1.54) is 5.56 Å². The molecule has 0 radical (unpaired) electrons. The van der Waals surface area contributed by atoms with Crippen molar-refractivity contribution in [1.29, 1.82) is 0 Å². The van der Waals surface area contributed by atoms with Crippen molar-refractivity contribution in [2.24, 2.45) is 4.99 Å². The van der Waals surface area contributed by atoms with Crippen LogP contribution < -0.4 is 0 Å². The highest BCUT2D eigenvalue weighted by Crippen LogP contribution is 2.26. The van der Waals surface area contributed by atoms with E-state index in [4.69, 9.17) is 4.74 Å². The zero-order chi connectivity index (χ0) is 11.5. The lowest BCUT2D eigenvalue weighted by atomic mass is 10.0. The molecule has 0 saturated heterocycles. The molecule has 0 fully saturated rings. The fourth-order valence-electron chi connectivity index (χ4n) is 1.99. The van der Waals surface area contributed by atoms with E-state index in [1.807, 2.05) is 42.6 Å². The van der Waals surface area contributed by atoms with Crippen molar-refractivity contribution >= 4 is 6.21 Å². The largest absolute Gasteiger partial charge is 0.365 e. The number of fused-ring (bicyclic) bond motifs is 1. The van der Waals surface area contributed by atoms with Crippen LogP contribution in [0.15, 0.2) is 70.9 Å². The van der Waals surface area contributed by atoms with Crippen LogP contribution in [0.3, 0.4) is 0 Å². The van der Waals surface area contributed by atoms with E-state index in [9.17, 15) is 0 Å². The minimum Gasteiger partial charge on any atom is -0.365 e. The molecular formula is C15H13NO. The number of nitrogens with zero attached hydrogens (tertiary/aromatic N) is 1. The molecule has 1 atom stereocenters. The van der Waals surface area contributed by atoms with Gasteiger partial charge in [0.2, 0.25) is 0 Å². The second-order valence-corrected chi connectivity index (χ2v) is 4.05. The van der Waals surface area contributed by atoms with E-state index < -0.39 is 0 Å². The molecule has 84 valence electrons. The molecule has 2 aliphatic rings. The second-order valence-electron chi connectivity index (χ2n) is 4.05. The summed E-state index contributed by atoms with van der Waals surface area (Å²) in [7, 11) is 0. The number of aliphatic imine (C=N–C) groups is 1. The fourth-order valence-corrected chi connectivity index (χ4v) is 1.99. The Bertz CT molecular complexity index is 523. The van der Waals surface area contributed by atoms with Gasteiger partial charge in [0.1, 0.15) is 6.10 Å². The first-order chi connectivity index (χ1) is 8.43. The summed E-state index contributed by atoms with van der Waals surface area (Å²) >= 11 is 0. The van der Waals surface area contributed by atoms with Crippen molar-refractivity contribution < 1.29 is 4.74 Å². The summed E-state index contributed by atoms with van der Waals surface area (Å²) in [4.78, 5) is 4.28. The maximum absolute atomic E-state index is 5.91. The number of rotatable bonds is 3. The molecule has 17 heavy (non-hydrogen) atoms. The van der Waals surface area contributed by atoms with Crippen molar-refractivity contribution in [1.82, 2.24) is 0 Å². The third kappa shape index (κ3) is 2.12. The molecule has 0 spiro atoms. The van der Waals surface area contributed by atoms with Gasteiger partial charge in [-0.1, -0.05) is 42.5 Å². The zero-order valence-electron chi connectivity index (χ0n) is 9.41. The molecule has 1 aliphatic carbocycles. The van der Waals surface area contributed by atoms with Gasteiger partial charge in [-0.2, -0.15) is 0 Å². The van der Waals surface area contributed by atoms with Gasteiger partial charge in [0.05, 0.1) is 12.3 Å². The molecular weight excluding hydrogens is 210 g/mol. The molecule has 0 N–H and O–H groups in total. The Morgan fingerprint density at radius 3 is 2.88 bits per heavy atom. The van der Waals surface area contributed by atoms with Crippen molar-refractivity contribution in [3.05, 3.63) is 71.5 Å². The van der Waals surface area contributed by atoms with Crippen LogP contribution >= 0.6 is 0 Å². The number of hydrogen-bond donors (Lipinski definition) is 0. The predicted octanol–water partition coefficient (Wildman–Crippen LogP) is 3.04. The monoisotopic (exact) mass is 223 g/mol. The van der Waals surface area contributed by atoms with Crippen molar-refractivity contribution in [2.75, 3.05) is 0 Å². The quantitative estimate of drug-likeness (QED) is 0.771. The minimum atomic E-state index is 0.0257. The van der Waals surface area contributed by atoms with Crippen molar-refractivity contribution in [3.63, 3.8) is 0 Å². The summed E-state index contributed by atoms with van der Waals surface area (Å²) in [6, 6.07) is 10.2. The lowest BCUT2D eigenvalue weighted by molar-refractivity contribution is 0.0953. The molecule has 3 rings (SSSR count).